The molecule has 1 aromatic heterocycles. The third-order valence-corrected chi connectivity index (χ3v) is 8.83. The lowest BCUT2D eigenvalue weighted by molar-refractivity contribution is -0.213. The number of pyridine rings is 1. The summed E-state index contributed by atoms with van der Waals surface area (Å²) in [5, 5.41) is 8.63. The summed E-state index contributed by atoms with van der Waals surface area (Å²) in [4.78, 5) is 42.3. The molecule has 0 radical (unpaired) electrons. The molecule has 12 nitrogen and oxygen atoms in total. The van der Waals surface area contributed by atoms with E-state index in [-0.39, 0.29) is 51.3 Å². The normalized spacial score (nSPS) is 12.9. The smallest absolute Gasteiger partial charge is 0.491 e. The molecule has 0 bridgehead atoms. The molecular weight excluding hydrogens is 655 g/mol. The molecule has 1 unspecified atom stereocenters. The van der Waals surface area contributed by atoms with E-state index in [0.717, 1.165) is 0 Å². The van der Waals surface area contributed by atoms with E-state index in [1.807, 2.05) is 0 Å². The zero-order chi connectivity index (χ0) is 35.3. The van der Waals surface area contributed by atoms with E-state index in [2.05, 4.69) is 20.9 Å². The number of nitrogens with two attached hydrogens (primary N) is 1. The number of fused-ring (bicyclic) bond motifs is 1. The molecule has 2 amide bonds. The van der Waals surface area contributed by atoms with E-state index in [1.54, 1.807) is 13.0 Å². The van der Waals surface area contributed by atoms with Gasteiger partial charge in [-0.05, 0) is 72.5 Å². The molecule has 0 aliphatic rings. The highest BCUT2D eigenvalue weighted by atomic mass is 32.2. The van der Waals surface area contributed by atoms with Gasteiger partial charge in [0.1, 0.15) is 11.6 Å². The maximum absolute atomic E-state index is 14.3. The molecule has 3 aromatic carbocycles. The van der Waals surface area contributed by atoms with E-state index >= 15 is 0 Å². The Kier molecular flexibility index (Phi) is 10.5. The van der Waals surface area contributed by atoms with E-state index in [0.29, 0.717) is 10.8 Å². The second kappa shape index (κ2) is 14.2. The molecule has 0 spiro atoms. The number of benzene rings is 3. The number of rotatable bonds is 12. The summed E-state index contributed by atoms with van der Waals surface area (Å²) >= 11 is 0. The van der Waals surface area contributed by atoms with Gasteiger partial charge in [0, 0.05) is 42.0 Å². The summed E-state index contributed by atoms with van der Waals surface area (Å²) in [7, 11) is -3.88. The number of nitrogens with zero attached hydrogens (tertiary/aromatic N) is 1. The van der Waals surface area contributed by atoms with Crippen LogP contribution in [0.15, 0.2) is 77.8 Å². The molecule has 0 aliphatic carbocycles. The number of esters is 1. The average molecular weight is 688 g/mol. The zero-order valence-corrected chi connectivity index (χ0v) is 26.8. The number of aromatic nitrogens is 1. The highest BCUT2D eigenvalue weighted by Crippen LogP contribution is 2.35. The fraction of sp³-hybridized carbons (Fsp3) is 0.250. The number of sulfone groups is 1. The Morgan fingerprint density at radius 3 is 2.35 bits per heavy atom. The van der Waals surface area contributed by atoms with Gasteiger partial charge in [0.25, 0.3) is 11.6 Å². The lowest BCUT2D eigenvalue weighted by Crippen LogP contribution is -2.54. The van der Waals surface area contributed by atoms with Gasteiger partial charge in [-0.25, -0.2) is 18.2 Å². The number of carbonyl (C=O) groups excluding carboxylic acids is 3. The summed E-state index contributed by atoms with van der Waals surface area (Å²) in [5.74, 6) is -4.44. The fourth-order valence-electron chi connectivity index (χ4n) is 4.80. The Labute approximate surface area is 273 Å². The van der Waals surface area contributed by atoms with Gasteiger partial charge in [-0.3, -0.25) is 9.59 Å². The number of anilines is 3. The van der Waals surface area contributed by atoms with Gasteiger partial charge in [-0.15, -0.1) is 0 Å². The molecule has 0 saturated carbocycles. The minimum atomic E-state index is -5.52. The second-order valence-corrected chi connectivity index (χ2v) is 12.6. The largest absolute Gasteiger partial charge is 0.494 e. The molecule has 254 valence electrons. The van der Waals surface area contributed by atoms with Crippen LogP contribution in [0.25, 0.3) is 10.8 Å². The minimum absolute atomic E-state index is 0.00393. The third kappa shape index (κ3) is 7.94. The number of nitrogens with one attached hydrogen (secondary N) is 3. The maximum Gasteiger partial charge on any atom is 0.491 e. The number of halogens is 3. The quantitative estimate of drug-likeness (QED) is 0.121. The summed E-state index contributed by atoms with van der Waals surface area (Å²) < 4.78 is 77.8. The predicted molar refractivity (Wildman–Crippen MR) is 172 cm³/mol. The topological polar surface area (TPSA) is 179 Å². The molecular formula is C32H32F3N5O7S. The van der Waals surface area contributed by atoms with Gasteiger partial charge < -0.3 is 31.2 Å². The number of alkyl halides is 3. The van der Waals surface area contributed by atoms with Crippen molar-refractivity contribution < 1.29 is 45.4 Å². The first-order chi connectivity index (χ1) is 22.6. The van der Waals surface area contributed by atoms with Crippen molar-refractivity contribution in [1.29, 1.82) is 0 Å². The minimum Gasteiger partial charge on any atom is -0.494 e. The first kappa shape index (κ1) is 35.5. The Morgan fingerprint density at radius 1 is 0.958 bits per heavy atom. The van der Waals surface area contributed by atoms with Crippen molar-refractivity contribution in [3.8, 4) is 5.75 Å². The van der Waals surface area contributed by atoms with Crippen molar-refractivity contribution in [2.45, 2.75) is 44.1 Å². The molecule has 1 atom stereocenters. The van der Waals surface area contributed by atoms with Crippen LogP contribution in [0.4, 0.5) is 30.4 Å². The van der Waals surface area contributed by atoms with Gasteiger partial charge in [0.05, 0.1) is 17.3 Å². The van der Waals surface area contributed by atoms with Gasteiger partial charge >= 0.3 is 12.1 Å². The van der Waals surface area contributed by atoms with E-state index in [9.17, 15) is 36.0 Å². The fourth-order valence-corrected chi connectivity index (χ4v) is 5.92. The number of carbonyl (C=O) groups is 3. The molecule has 5 N–H and O–H groups in total. The van der Waals surface area contributed by atoms with E-state index < -0.39 is 46.1 Å². The van der Waals surface area contributed by atoms with Crippen molar-refractivity contribution >= 4 is 55.6 Å². The van der Waals surface area contributed by atoms with Gasteiger partial charge in [-0.1, -0.05) is 19.1 Å². The number of amides is 2. The van der Waals surface area contributed by atoms with Crippen LogP contribution in [0.5, 0.6) is 5.75 Å². The zero-order valence-electron chi connectivity index (χ0n) is 26.0. The Hall–Kier alpha value is -5.38. The summed E-state index contributed by atoms with van der Waals surface area (Å²) in [6.07, 6.45) is -4.11. The first-order valence-electron chi connectivity index (χ1n) is 14.5. The van der Waals surface area contributed by atoms with Crippen LogP contribution in [0.2, 0.25) is 0 Å². The molecule has 16 heteroatoms. The SMILES string of the molecule is CCOc1cccc(C(Nc2ccc3c(N)nccc3c2)(OC(=O)C(F)(F)F)C(=O)NCc2cc(NC(C)=O)ccc2S(=O)(=O)CC)c1. The van der Waals surface area contributed by atoms with Crippen molar-refractivity contribution in [1.82, 2.24) is 10.3 Å². The van der Waals surface area contributed by atoms with Crippen LogP contribution in [-0.2, 0) is 41.2 Å². The molecule has 4 rings (SSSR count). The second-order valence-electron chi connectivity index (χ2n) is 10.4. The van der Waals surface area contributed by atoms with Crippen molar-refractivity contribution in [3.63, 3.8) is 0 Å². The van der Waals surface area contributed by atoms with Crippen molar-refractivity contribution in [3.05, 3.63) is 84.1 Å². The lowest BCUT2D eigenvalue weighted by atomic mass is 9.99. The van der Waals surface area contributed by atoms with Crippen LogP contribution in [0, 0.1) is 0 Å². The Balaban J connectivity index is 1.89. The number of hydrogen-bond acceptors (Lipinski definition) is 10. The number of ether oxygens (including phenoxy) is 2. The lowest BCUT2D eigenvalue weighted by Gasteiger charge is -2.34. The standard InChI is InChI=1S/C32H32F3N5O7S/c1-4-46-25-8-6-7-22(17-25)31(47-30(43)32(33,34)35,40-24-9-11-26-20(15-24)13-14-37-28(26)36)29(42)38-18-21-16-23(39-19(3)41)10-12-27(21)48(44,45)5-2/h6-17,40H,4-5,18H2,1-3H3,(H2,36,37)(H,38,42)(H,39,41). The van der Waals surface area contributed by atoms with Gasteiger partial charge in [0.2, 0.25) is 5.91 Å². The summed E-state index contributed by atoms with van der Waals surface area (Å²) in [5.41, 5.74) is 3.04. The Morgan fingerprint density at radius 2 is 1.69 bits per heavy atom. The van der Waals surface area contributed by atoms with Gasteiger partial charge in [-0.2, -0.15) is 13.2 Å². The van der Waals surface area contributed by atoms with Crippen LogP contribution in [0.1, 0.15) is 31.9 Å². The number of hydrogen-bond donors (Lipinski definition) is 4. The average Bonchev–Trinajstić information content (AvgIpc) is 3.02. The monoisotopic (exact) mass is 687 g/mol. The summed E-state index contributed by atoms with van der Waals surface area (Å²) in [6.45, 7) is 3.91. The van der Waals surface area contributed by atoms with Crippen molar-refractivity contribution in [2.24, 2.45) is 0 Å². The molecule has 4 aromatic rings. The van der Waals surface area contributed by atoms with E-state index in [1.165, 1.54) is 80.7 Å². The Bertz CT molecular complexity index is 1970. The molecule has 0 fully saturated rings. The van der Waals surface area contributed by atoms with Crippen LogP contribution >= 0.6 is 0 Å². The number of nitrogen functional groups attached to an aromatic ring is 1. The predicted octanol–water partition coefficient (Wildman–Crippen LogP) is 4.65. The van der Waals surface area contributed by atoms with Crippen LogP contribution < -0.4 is 26.4 Å². The highest BCUT2D eigenvalue weighted by molar-refractivity contribution is 7.91. The third-order valence-electron chi connectivity index (χ3n) is 7.00. The van der Waals surface area contributed by atoms with E-state index in [4.69, 9.17) is 15.2 Å². The maximum atomic E-state index is 14.3. The molecule has 48 heavy (non-hydrogen) atoms. The highest BCUT2D eigenvalue weighted by Gasteiger charge is 2.52. The van der Waals surface area contributed by atoms with Crippen LogP contribution in [0.3, 0.4) is 0 Å². The molecule has 0 saturated heterocycles. The summed E-state index contributed by atoms with van der Waals surface area (Å²) in [6, 6.07) is 15.2. The first-order valence-corrected chi connectivity index (χ1v) is 16.1. The van der Waals surface area contributed by atoms with Crippen molar-refractivity contribution in [2.75, 3.05) is 28.7 Å². The molecule has 0 aliphatic heterocycles. The van der Waals surface area contributed by atoms with Crippen LogP contribution in [-0.4, -0.2) is 49.7 Å². The molecule has 1 heterocycles. The van der Waals surface area contributed by atoms with Gasteiger partial charge in [0.15, 0.2) is 9.84 Å².